The second-order valence-electron chi connectivity index (χ2n) is 6.67. The van der Waals surface area contributed by atoms with E-state index >= 15 is 0 Å². The van der Waals surface area contributed by atoms with Crippen molar-refractivity contribution in [1.29, 1.82) is 0 Å². The third-order valence-corrected chi connectivity index (χ3v) is 4.81. The number of benzene rings is 3. The van der Waals surface area contributed by atoms with Gasteiger partial charge in [-0.25, -0.2) is 9.69 Å². The predicted molar refractivity (Wildman–Crippen MR) is 106 cm³/mol. The molecule has 1 heterocycles. The van der Waals surface area contributed by atoms with E-state index in [1.165, 1.54) is 6.92 Å². The molecule has 29 heavy (non-hydrogen) atoms. The SMILES string of the molecule is C[C@@]1(C(=O)Oc2ccccc2)C(=O)N(C(=O)Oc2ccccc2)c2ccccc21. The Balaban J connectivity index is 1.69. The van der Waals surface area contributed by atoms with Gasteiger partial charge >= 0.3 is 12.1 Å². The van der Waals surface area contributed by atoms with Crippen molar-refractivity contribution in [2.75, 3.05) is 4.90 Å². The van der Waals surface area contributed by atoms with Gasteiger partial charge in [-0.05, 0) is 37.3 Å². The summed E-state index contributed by atoms with van der Waals surface area (Å²) in [7, 11) is 0. The number of nitrogens with zero attached hydrogens (tertiary/aromatic N) is 1. The second-order valence-corrected chi connectivity index (χ2v) is 6.67. The largest absolute Gasteiger partial charge is 0.426 e. The summed E-state index contributed by atoms with van der Waals surface area (Å²) in [5, 5.41) is 0. The van der Waals surface area contributed by atoms with E-state index in [1.54, 1.807) is 84.9 Å². The zero-order valence-corrected chi connectivity index (χ0v) is 15.6. The first-order chi connectivity index (χ1) is 14.0. The summed E-state index contributed by atoms with van der Waals surface area (Å²) < 4.78 is 10.8. The number of carbonyl (C=O) groups excluding carboxylic acids is 3. The van der Waals surface area contributed by atoms with E-state index < -0.39 is 23.4 Å². The first-order valence-electron chi connectivity index (χ1n) is 9.00. The maximum atomic E-state index is 13.3. The summed E-state index contributed by atoms with van der Waals surface area (Å²) in [6, 6.07) is 23.5. The van der Waals surface area contributed by atoms with Crippen LogP contribution in [0.3, 0.4) is 0 Å². The molecule has 3 aromatic rings. The number of amides is 2. The van der Waals surface area contributed by atoms with Gasteiger partial charge in [-0.15, -0.1) is 0 Å². The van der Waals surface area contributed by atoms with Gasteiger partial charge < -0.3 is 9.47 Å². The molecule has 144 valence electrons. The molecule has 0 spiro atoms. The number of ether oxygens (including phenoxy) is 2. The number of hydrogen-bond acceptors (Lipinski definition) is 5. The zero-order valence-electron chi connectivity index (χ0n) is 15.6. The lowest BCUT2D eigenvalue weighted by Gasteiger charge is -2.21. The van der Waals surface area contributed by atoms with Gasteiger partial charge in [0.05, 0.1) is 5.69 Å². The van der Waals surface area contributed by atoms with Crippen molar-refractivity contribution in [3.05, 3.63) is 90.5 Å². The van der Waals surface area contributed by atoms with Crippen molar-refractivity contribution in [2.45, 2.75) is 12.3 Å². The highest BCUT2D eigenvalue weighted by molar-refractivity contribution is 6.28. The molecule has 1 atom stereocenters. The molecule has 0 saturated carbocycles. The van der Waals surface area contributed by atoms with Gasteiger partial charge in [-0.3, -0.25) is 9.59 Å². The third kappa shape index (κ3) is 3.14. The average Bonchev–Trinajstić information content (AvgIpc) is 2.98. The fourth-order valence-corrected chi connectivity index (χ4v) is 3.25. The Labute approximate surface area is 167 Å². The van der Waals surface area contributed by atoms with E-state index in [2.05, 4.69) is 0 Å². The lowest BCUT2D eigenvalue weighted by molar-refractivity contribution is -0.144. The zero-order chi connectivity index (χ0) is 20.4. The molecule has 6 nitrogen and oxygen atoms in total. The number of hydrogen-bond donors (Lipinski definition) is 0. The number of imide groups is 1. The molecule has 4 rings (SSSR count). The topological polar surface area (TPSA) is 72.9 Å². The number of anilines is 1. The molecule has 0 aliphatic carbocycles. The van der Waals surface area contributed by atoms with Crippen molar-refractivity contribution >= 4 is 23.7 Å². The van der Waals surface area contributed by atoms with Crippen LogP contribution in [-0.4, -0.2) is 18.0 Å². The van der Waals surface area contributed by atoms with E-state index in [1.807, 2.05) is 0 Å². The first kappa shape index (κ1) is 18.4. The summed E-state index contributed by atoms with van der Waals surface area (Å²) in [6.07, 6.45) is -0.884. The predicted octanol–water partition coefficient (Wildman–Crippen LogP) is 4.10. The van der Waals surface area contributed by atoms with E-state index in [4.69, 9.17) is 9.47 Å². The summed E-state index contributed by atoms with van der Waals surface area (Å²) in [4.78, 5) is 40.0. The van der Waals surface area contributed by atoms with Crippen LogP contribution in [0, 0.1) is 0 Å². The van der Waals surface area contributed by atoms with Gasteiger partial charge in [0.2, 0.25) is 0 Å². The highest BCUT2D eigenvalue weighted by atomic mass is 16.6. The van der Waals surface area contributed by atoms with Crippen LogP contribution in [0.5, 0.6) is 11.5 Å². The first-order valence-corrected chi connectivity index (χ1v) is 9.00. The monoisotopic (exact) mass is 387 g/mol. The molecule has 0 fully saturated rings. The van der Waals surface area contributed by atoms with Gasteiger partial charge in [0, 0.05) is 5.56 Å². The quantitative estimate of drug-likeness (QED) is 0.384. The summed E-state index contributed by atoms with van der Waals surface area (Å²) in [6.45, 7) is 1.45. The highest BCUT2D eigenvalue weighted by Gasteiger charge is 2.56. The maximum Gasteiger partial charge on any atom is 0.426 e. The summed E-state index contributed by atoms with van der Waals surface area (Å²) in [5.74, 6) is -0.880. The molecule has 0 aromatic heterocycles. The minimum absolute atomic E-state index is 0.295. The Morgan fingerprint density at radius 1 is 0.759 bits per heavy atom. The van der Waals surface area contributed by atoms with Gasteiger partial charge in [-0.1, -0.05) is 54.6 Å². The van der Waals surface area contributed by atoms with Crippen molar-refractivity contribution in [3.63, 3.8) is 0 Å². The van der Waals surface area contributed by atoms with E-state index in [-0.39, 0.29) is 0 Å². The van der Waals surface area contributed by atoms with E-state index in [0.29, 0.717) is 22.7 Å². The van der Waals surface area contributed by atoms with Crippen LogP contribution in [0.25, 0.3) is 0 Å². The molecule has 0 N–H and O–H groups in total. The molecular formula is C23H17NO5. The Hall–Kier alpha value is -3.93. The van der Waals surface area contributed by atoms with Crippen LogP contribution in [0.15, 0.2) is 84.9 Å². The number of fused-ring (bicyclic) bond motifs is 1. The fourth-order valence-electron chi connectivity index (χ4n) is 3.25. The fraction of sp³-hybridized carbons (Fsp3) is 0.0870. The minimum atomic E-state index is -1.68. The number of para-hydroxylation sites is 3. The maximum absolute atomic E-state index is 13.3. The van der Waals surface area contributed by atoms with Crippen molar-refractivity contribution < 1.29 is 23.9 Å². The molecule has 1 aliphatic rings. The smallest absolute Gasteiger partial charge is 0.425 e. The van der Waals surface area contributed by atoms with Gasteiger partial charge in [-0.2, -0.15) is 0 Å². The molecule has 1 aliphatic heterocycles. The van der Waals surface area contributed by atoms with E-state index in [9.17, 15) is 14.4 Å². The molecule has 2 amide bonds. The number of rotatable bonds is 3. The van der Waals surface area contributed by atoms with Gasteiger partial charge in [0.1, 0.15) is 11.5 Å². The van der Waals surface area contributed by atoms with Gasteiger partial charge in [0.15, 0.2) is 5.41 Å². The second kappa shape index (κ2) is 7.24. The number of esters is 1. The Kier molecular flexibility index (Phi) is 4.60. The van der Waals surface area contributed by atoms with Crippen LogP contribution in [0.4, 0.5) is 10.5 Å². The normalized spacial score (nSPS) is 17.6. The molecule has 3 aromatic carbocycles. The molecule has 0 bridgehead atoms. The van der Waals surface area contributed by atoms with E-state index in [0.717, 1.165) is 4.90 Å². The van der Waals surface area contributed by atoms with Crippen molar-refractivity contribution in [1.82, 2.24) is 0 Å². The van der Waals surface area contributed by atoms with Crippen molar-refractivity contribution in [2.24, 2.45) is 0 Å². The standard InChI is InChI=1S/C23H17NO5/c1-23(21(26)28-16-10-4-2-5-11-16)18-14-8-9-15-19(18)24(20(23)25)22(27)29-17-12-6-3-7-13-17/h2-15H,1H3/t23-/m0/s1. The summed E-state index contributed by atoms with van der Waals surface area (Å²) >= 11 is 0. The minimum Gasteiger partial charge on any atom is -0.425 e. The van der Waals surface area contributed by atoms with Crippen LogP contribution in [0.1, 0.15) is 12.5 Å². The van der Waals surface area contributed by atoms with Crippen molar-refractivity contribution in [3.8, 4) is 11.5 Å². The molecule has 6 heteroatoms. The van der Waals surface area contributed by atoms with Crippen LogP contribution >= 0.6 is 0 Å². The van der Waals surface area contributed by atoms with Crippen LogP contribution < -0.4 is 14.4 Å². The van der Waals surface area contributed by atoms with Gasteiger partial charge in [0.25, 0.3) is 5.91 Å². The lowest BCUT2D eigenvalue weighted by Crippen LogP contribution is -2.48. The average molecular weight is 387 g/mol. The highest BCUT2D eigenvalue weighted by Crippen LogP contribution is 2.43. The Bertz CT molecular complexity index is 1080. The number of carbonyl (C=O) groups is 3. The van der Waals surface area contributed by atoms with Crippen LogP contribution in [-0.2, 0) is 15.0 Å². The Morgan fingerprint density at radius 2 is 1.28 bits per heavy atom. The Morgan fingerprint density at radius 3 is 1.90 bits per heavy atom. The summed E-state index contributed by atoms with van der Waals surface area (Å²) in [5.41, 5.74) is -0.996. The lowest BCUT2D eigenvalue weighted by atomic mass is 9.84. The molecule has 0 radical (unpaired) electrons. The van der Waals surface area contributed by atoms with Crippen LogP contribution in [0.2, 0.25) is 0 Å². The molecule has 0 saturated heterocycles. The molecular weight excluding hydrogens is 370 g/mol. The third-order valence-electron chi connectivity index (χ3n) is 4.81. The molecule has 0 unspecified atom stereocenters.